The lowest BCUT2D eigenvalue weighted by molar-refractivity contribution is 0.0316. The predicted octanol–water partition coefficient (Wildman–Crippen LogP) is 3.79. The molecule has 2 heterocycles. The van der Waals surface area contributed by atoms with Crippen LogP contribution >= 0.6 is 11.3 Å². The van der Waals surface area contributed by atoms with E-state index >= 15 is 0 Å². The Morgan fingerprint density at radius 2 is 2.23 bits per heavy atom. The van der Waals surface area contributed by atoms with Gasteiger partial charge in [0.2, 0.25) is 0 Å². The van der Waals surface area contributed by atoms with Gasteiger partial charge in [-0.1, -0.05) is 12.1 Å². The van der Waals surface area contributed by atoms with Crippen LogP contribution in [-0.4, -0.2) is 48.5 Å². The van der Waals surface area contributed by atoms with Crippen molar-refractivity contribution >= 4 is 11.3 Å². The van der Waals surface area contributed by atoms with Gasteiger partial charge in [0.1, 0.15) is 18.5 Å². The van der Waals surface area contributed by atoms with Crippen molar-refractivity contribution in [2.24, 2.45) is 0 Å². The maximum atomic E-state index is 10.5. The number of hydrogen-bond acceptors (Lipinski definition) is 5. The molecule has 2 unspecified atom stereocenters. The third kappa shape index (κ3) is 5.81. The summed E-state index contributed by atoms with van der Waals surface area (Å²) in [7, 11) is 0. The molecule has 0 aliphatic carbocycles. The average molecular weight is 376 g/mol. The van der Waals surface area contributed by atoms with Crippen molar-refractivity contribution < 1.29 is 14.6 Å². The van der Waals surface area contributed by atoms with E-state index in [9.17, 15) is 5.11 Å². The third-order valence-corrected chi connectivity index (χ3v) is 5.73. The van der Waals surface area contributed by atoms with Gasteiger partial charge >= 0.3 is 0 Å². The van der Waals surface area contributed by atoms with Crippen LogP contribution in [0.4, 0.5) is 0 Å². The first-order chi connectivity index (χ1) is 12.6. The number of aliphatic hydroxyl groups is 1. The summed E-state index contributed by atoms with van der Waals surface area (Å²) in [6, 6.07) is 10.1. The highest BCUT2D eigenvalue weighted by Gasteiger charge is 2.22. The molecule has 3 rings (SSSR count). The van der Waals surface area contributed by atoms with Crippen LogP contribution in [0.3, 0.4) is 0 Å². The second-order valence-electron chi connectivity index (χ2n) is 7.14. The van der Waals surface area contributed by atoms with Crippen LogP contribution in [0.15, 0.2) is 35.7 Å². The first-order valence-electron chi connectivity index (χ1n) is 9.34. The summed E-state index contributed by atoms with van der Waals surface area (Å²) < 4.78 is 11.6. The number of ether oxygens (including phenoxy) is 2. The van der Waals surface area contributed by atoms with Gasteiger partial charge in [-0.3, -0.25) is 4.90 Å². The monoisotopic (exact) mass is 375 g/mol. The summed E-state index contributed by atoms with van der Waals surface area (Å²) >= 11 is 1.78. The molecule has 0 spiro atoms. The fraction of sp³-hybridized carbons (Fsp3) is 0.524. The van der Waals surface area contributed by atoms with E-state index in [-0.39, 0.29) is 6.10 Å². The molecule has 2 aromatic rings. The van der Waals surface area contributed by atoms with E-state index in [4.69, 9.17) is 9.47 Å². The van der Waals surface area contributed by atoms with E-state index in [1.807, 2.05) is 31.2 Å². The molecule has 142 valence electrons. The van der Waals surface area contributed by atoms with Gasteiger partial charge in [0, 0.05) is 31.1 Å². The second kappa shape index (κ2) is 9.51. The molecule has 26 heavy (non-hydrogen) atoms. The predicted molar refractivity (Wildman–Crippen MR) is 106 cm³/mol. The molecule has 1 aliphatic heterocycles. The molecule has 0 saturated carbocycles. The molecule has 1 aromatic carbocycles. The van der Waals surface area contributed by atoms with Crippen LogP contribution < -0.4 is 4.74 Å². The quantitative estimate of drug-likeness (QED) is 0.724. The Bertz CT molecular complexity index is 681. The number of aryl methyl sites for hydroxylation is 2. The molecular weight excluding hydrogens is 346 g/mol. The topological polar surface area (TPSA) is 41.9 Å². The number of nitrogens with zero attached hydrogens (tertiary/aromatic N) is 1. The van der Waals surface area contributed by atoms with Crippen molar-refractivity contribution in [1.29, 1.82) is 0 Å². The Morgan fingerprint density at radius 3 is 2.92 bits per heavy atom. The average Bonchev–Trinajstić information content (AvgIpc) is 3.25. The van der Waals surface area contributed by atoms with Crippen LogP contribution in [0.25, 0.3) is 0 Å². The van der Waals surface area contributed by atoms with Gasteiger partial charge in [-0.2, -0.15) is 0 Å². The summed E-state index contributed by atoms with van der Waals surface area (Å²) in [6.45, 7) is 7.64. The van der Waals surface area contributed by atoms with Gasteiger partial charge in [0.25, 0.3) is 0 Å². The van der Waals surface area contributed by atoms with E-state index in [1.54, 1.807) is 11.3 Å². The molecule has 2 atom stereocenters. The highest BCUT2D eigenvalue weighted by Crippen LogP contribution is 2.21. The lowest BCUT2D eigenvalue weighted by Crippen LogP contribution is -2.39. The SMILES string of the molecule is Cc1cccc(OCC(O)CN(Cc2sccc2C)CC2CCCO2)c1. The molecule has 0 radical (unpaired) electrons. The molecular formula is C21H29NO3S. The fourth-order valence-electron chi connectivity index (χ4n) is 3.30. The maximum absolute atomic E-state index is 10.5. The van der Waals surface area contributed by atoms with Gasteiger partial charge in [-0.25, -0.2) is 0 Å². The van der Waals surface area contributed by atoms with Crippen LogP contribution in [0.2, 0.25) is 0 Å². The zero-order chi connectivity index (χ0) is 18.4. The van der Waals surface area contributed by atoms with Crippen molar-refractivity contribution in [3.05, 3.63) is 51.7 Å². The van der Waals surface area contributed by atoms with Crippen molar-refractivity contribution in [1.82, 2.24) is 4.90 Å². The first kappa shape index (κ1) is 19.4. The molecule has 1 saturated heterocycles. The summed E-state index contributed by atoms with van der Waals surface area (Å²) in [5.41, 5.74) is 2.48. The van der Waals surface area contributed by atoms with Crippen molar-refractivity contribution in [2.45, 2.75) is 45.4 Å². The third-order valence-electron chi connectivity index (χ3n) is 4.72. The van der Waals surface area contributed by atoms with Crippen LogP contribution in [0.5, 0.6) is 5.75 Å². The van der Waals surface area contributed by atoms with Crippen molar-refractivity contribution in [2.75, 3.05) is 26.3 Å². The standard InChI is InChI=1S/C21H29NO3S/c1-16-5-3-6-19(11-16)25-15-18(23)12-22(13-20-7-4-9-24-20)14-21-17(2)8-10-26-21/h3,5-6,8,10-11,18,20,23H,4,7,9,12-15H2,1-2H3. The van der Waals surface area contributed by atoms with E-state index in [0.717, 1.165) is 43.9 Å². The van der Waals surface area contributed by atoms with E-state index in [2.05, 4.69) is 23.3 Å². The number of benzene rings is 1. The molecule has 1 aromatic heterocycles. The summed E-state index contributed by atoms with van der Waals surface area (Å²) in [5.74, 6) is 0.809. The highest BCUT2D eigenvalue weighted by atomic mass is 32.1. The Morgan fingerprint density at radius 1 is 1.35 bits per heavy atom. The second-order valence-corrected chi connectivity index (χ2v) is 8.14. The normalized spacial score (nSPS) is 18.4. The molecule has 0 amide bonds. The minimum absolute atomic E-state index is 0.278. The molecule has 0 bridgehead atoms. The molecule has 1 fully saturated rings. The van der Waals surface area contributed by atoms with Crippen LogP contribution in [-0.2, 0) is 11.3 Å². The van der Waals surface area contributed by atoms with Gasteiger partial charge in [-0.15, -0.1) is 11.3 Å². The Labute approximate surface area is 160 Å². The summed E-state index contributed by atoms with van der Waals surface area (Å²) in [6.07, 6.45) is 1.99. The Balaban J connectivity index is 1.55. The van der Waals surface area contributed by atoms with E-state index < -0.39 is 6.10 Å². The van der Waals surface area contributed by atoms with Crippen molar-refractivity contribution in [3.8, 4) is 5.75 Å². The van der Waals surface area contributed by atoms with Gasteiger partial charge < -0.3 is 14.6 Å². The minimum Gasteiger partial charge on any atom is -0.491 e. The summed E-state index contributed by atoms with van der Waals surface area (Å²) in [4.78, 5) is 3.66. The Hall–Kier alpha value is -1.40. The number of thiophene rings is 1. The molecule has 1 aliphatic rings. The molecule has 1 N–H and O–H groups in total. The lowest BCUT2D eigenvalue weighted by atomic mass is 10.2. The summed E-state index contributed by atoms with van der Waals surface area (Å²) in [5, 5.41) is 12.6. The number of hydrogen-bond donors (Lipinski definition) is 1. The van der Waals surface area contributed by atoms with E-state index in [1.165, 1.54) is 10.4 Å². The zero-order valence-electron chi connectivity index (χ0n) is 15.7. The minimum atomic E-state index is -0.530. The zero-order valence-corrected chi connectivity index (χ0v) is 16.5. The van der Waals surface area contributed by atoms with Gasteiger partial charge in [0.15, 0.2) is 0 Å². The van der Waals surface area contributed by atoms with Gasteiger partial charge in [-0.05, 0) is 61.4 Å². The van der Waals surface area contributed by atoms with Gasteiger partial charge in [0.05, 0.1) is 6.10 Å². The molecule has 4 nitrogen and oxygen atoms in total. The fourth-order valence-corrected chi connectivity index (χ4v) is 4.24. The number of rotatable bonds is 9. The highest BCUT2D eigenvalue weighted by molar-refractivity contribution is 7.10. The van der Waals surface area contributed by atoms with Crippen LogP contribution in [0, 0.1) is 13.8 Å². The maximum Gasteiger partial charge on any atom is 0.119 e. The number of aliphatic hydroxyl groups excluding tert-OH is 1. The largest absolute Gasteiger partial charge is 0.491 e. The first-order valence-corrected chi connectivity index (χ1v) is 10.2. The molecule has 5 heteroatoms. The lowest BCUT2D eigenvalue weighted by Gasteiger charge is -2.27. The van der Waals surface area contributed by atoms with Crippen LogP contribution in [0.1, 0.15) is 28.8 Å². The Kier molecular flexibility index (Phi) is 7.08. The van der Waals surface area contributed by atoms with Crippen molar-refractivity contribution in [3.63, 3.8) is 0 Å². The smallest absolute Gasteiger partial charge is 0.119 e. The van der Waals surface area contributed by atoms with E-state index in [0.29, 0.717) is 13.2 Å².